The Morgan fingerprint density at radius 1 is 1.40 bits per heavy atom. The zero-order chi connectivity index (χ0) is 14.1. The Kier molecular flexibility index (Phi) is 3.81. The number of fused-ring (bicyclic) bond motifs is 1. The molecule has 1 heterocycles. The second-order valence-corrected chi connectivity index (χ2v) is 6.48. The lowest BCUT2D eigenvalue weighted by atomic mass is 10.1. The Labute approximate surface area is 127 Å². The fourth-order valence-corrected chi connectivity index (χ4v) is 4.00. The van der Waals surface area contributed by atoms with Gasteiger partial charge in [0.25, 0.3) is 5.91 Å². The molecule has 0 bridgehead atoms. The van der Waals surface area contributed by atoms with E-state index in [9.17, 15) is 4.79 Å². The Morgan fingerprint density at radius 3 is 3.00 bits per heavy atom. The fraction of sp³-hybridized carbons (Fsp3) is 0.312. The van der Waals surface area contributed by atoms with Crippen LogP contribution < -0.4 is 5.32 Å². The average molecular weight is 306 g/mol. The van der Waals surface area contributed by atoms with Crippen molar-refractivity contribution in [1.29, 1.82) is 0 Å². The average Bonchev–Trinajstić information content (AvgIpc) is 3.04. The van der Waals surface area contributed by atoms with Crippen LogP contribution in [0.3, 0.4) is 0 Å². The molecular formula is C16H16ClNOS. The topological polar surface area (TPSA) is 29.1 Å². The Morgan fingerprint density at radius 2 is 2.20 bits per heavy atom. The van der Waals surface area contributed by atoms with Crippen molar-refractivity contribution in [2.45, 2.75) is 31.2 Å². The quantitative estimate of drug-likeness (QED) is 0.855. The molecule has 0 fully saturated rings. The normalized spacial score (nSPS) is 20.7. The van der Waals surface area contributed by atoms with Gasteiger partial charge in [-0.2, -0.15) is 0 Å². The highest BCUT2D eigenvalue weighted by Gasteiger charge is 2.32. The number of carbonyl (C=O) groups excluding carboxylic acids is 1. The molecule has 0 spiro atoms. The Balaban J connectivity index is 1.83. The van der Waals surface area contributed by atoms with Gasteiger partial charge in [0.05, 0.1) is 16.3 Å². The van der Waals surface area contributed by atoms with Gasteiger partial charge < -0.3 is 5.32 Å². The number of thiophene rings is 1. The van der Waals surface area contributed by atoms with Crippen molar-refractivity contribution < 1.29 is 4.79 Å². The third-order valence-corrected chi connectivity index (χ3v) is 5.15. The third-order valence-electron chi connectivity index (χ3n) is 3.79. The van der Waals surface area contributed by atoms with Gasteiger partial charge in [0.15, 0.2) is 0 Å². The van der Waals surface area contributed by atoms with E-state index >= 15 is 0 Å². The van der Waals surface area contributed by atoms with Crippen molar-refractivity contribution >= 4 is 28.8 Å². The van der Waals surface area contributed by atoms with Crippen LogP contribution in [-0.4, -0.2) is 11.3 Å². The minimum absolute atomic E-state index is 0.01000. The molecule has 0 saturated carbocycles. The summed E-state index contributed by atoms with van der Waals surface area (Å²) < 4.78 is 0. The number of halogens is 1. The first-order valence-corrected chi connectivity index (χ1v) is 8.11. The van der Waals surface area contributed by atoms with Gasteiger partial charge >= 0.3 is 0 Å². The van der Waals surface area contributed by atoms with E-state index in [-0.39, 0.29) is 17.3 Å². The zero-order valence-corrected chi connectivity index (χ0v) is 12.8. The fourth-order valence-electron chi connectivity index (χ4n) is 2.73. The minimum atomic E-state index is -0.0906. The van der Waals surface area contributed by atoms with Crippen LogP contribution in [-0.2, 0) is 12.8 Å². The minimum Gasteiger partial charge on any atom is -0.343 e. The molecule has 1 aliphatic carbocycles. The van der Waals surface area contributed by atoms with Crippen LogP contribution in [0, 0.1) is 0 Å². The molecule has 2 nitrogen and oxygen atoms in total. The summed E-state index contributed by atoms with van der Waals surface area (Å²) >= 11 is 7.90. The number of hydrogen-bond acceptors (Lipinski definition) is 2. The van der Waals surface area contributed by atoms with Gasteiger partial charge in [0.2, 0.25) is 0 Å². The highest BCUT2D eigenvalue weighted by Crippen LogP contribution is 2.35. The SMILES string of the molecule is CCc1ccsc1C(=O)NC1c2ccccc2CC1Cl. The van der Waals surface area contributed by atoms with Crippen molar-refractivity contribution in [3.8, 4) is 0 Å². The monoisotopic (exact) mass is 305 g/mol. The summed E-state index contributed by atoms with van der Waals surface area (Å²) in [5.41, 5.74) is 3.49. The molecule has 4 heteroatoms. The van der Waals surface area contributed by atoms with Gasteiger partial charge in [0.1, 0.15) is 0 Å². The van der Waals surface area contributed by atoms with E-state index in [2.05, 4.69) is 24.4 Å². The lowest BCUT2D eigenvalue weighted by Gasteiger charge is -2.17. The first kappa shape index (κ1) is 13.7. The summed E-state index contributed by atoms with van der Waals surface area (Å²) in [6.07, 6.45) is 1.69. The van der Waals surface area contributed by atoms with Gasteiger partial charge in [-0.05, 0) is 41.0 Å². The molecule has 2 unspecified atom stereocenters. The summed E-state index contributed by atoms with van der Waals surface area (Å²) in [4.78, 5) is 13.2. The Hall–Kier alpha value is -1.32. The highest BCUT2D eigenvalue weighted by molar-refractivity contribution is 7.12. The maximum absolute atomic E-state index is 12.4. The number of benzene rings is 1. The summed E-state index contributed by atoms with van der Waals surface area (Å²) in [6, 6.07) is 10.1. The van der Waals surface area contributed by atoms with E-state index in [0.29, 0.717) is 0 Å². The standard InChI is InChI=1S/C16H16ClNOS/c1-2-10-7-8-20-15(10)16(19)18-14-12-6-4-3-5-11(12)9-13(14)17/h3-8,13-14H,2,9H2,1H3,(H,18,19). The van der Waals surface area contributed by atoms with Crippen molar-refractivity contribution in [2.24, 2.45) is 0 Å². The van der Waals surface area contributed by atoms with Crippen LogP contribution >= 0.6 is 22.9 Å². The predicted octanol–water partition coefficient (Wildman–Crippen LogP) is 3.95. The number of aryl methyl sites for hydroxylation is 1. The third kappa shape index (κ3) is 2.36. The molecule has 1 aliphatic rings. The van der Waals surface area contributed by atoms with Gasteiger partial charge in [-0.15, -0.1) is 22.9 Å². The molecule has 2 aromatic rings. The molecule has 1 N–H and O–H groups in total. The van der Waals surface area contributed by atoms with E-state index in [4.69, 9.17) is 11.6 Å². The number of rotatable bonds is 3. The number of nitrogens with one attached hydrogen (secondary N) is 1. The van der Waals surface area contributed by atoms with Gasteiger partial charge in [0, 0.05) is 0 Å². The van der Waals surface area contributed by atoms with Gasteiger partial charge in [-0.25, -0.2) is 0 Å². The van der Waals surface area contributed by atoms with Crippen LogP contribution in [0.15, 0.2) is 35.7 Å². The van der Waals surface area contributed by atoms with Crippen molar-refractivity contribution in [1.82, 2.24) is 5.32 Å². The van der Waals surface area contributed by atoms with Crippen LogP contribution in [0.1, 0.15) is 39.3 Å². The predicted molar refractivity (Wildman–Crippen MR) is 83.7 cm³/mol. The zero-order valence-electron chi connectivity index (χ0n) is 11.2. The molecule has 0 radical (unpaired) electrons. The van der Waals surface area contributed by atoms with Crippen molar-refractivity contribution in [3.05, 3.63) is 57.3 Å². The molecular weight excluding hydrogens is 290 g/mol. The number of carbonyl (C=O) groups is 1. The molecule has 1 aromatic carbocycles. The molecule has 1 aromatic heterocycles. The van der Waals surface area contributed by atoms with E-state index < -0.39 is 0 Å². The number of alkyl halides is 1. The molecule has 0 aliphatic heterocycles. The molecule has 3 rings (SSSR count). The lowest BCUT2D eigenvalue weighted by molar-refractivity contribution is 0.0940. The first-order valence-electron chi connectivity index (χ1n) is 6.79. The van der Waals surface area contributed by atoms with E-state index in [0.717, 1.165) is 28.8 Å². The van der Waals surface area contributed by atoms with Crippen LogP contribution in [0.4, 0.5) is 0 Å². The van der Waals surface area contributed by atoms with E-state index in [1.54, 1.807) is 0 Å². The summed E-state index contributed by atoms with van der Waals surface area (Å²) in [7, 11) is 0. The van der Waals surface area contributed by atoms with Crippen molar-refractivity contribution in [3.63, 3.8) is 0 Å². The Bertz CT molecular complexity index is 637. The second-order valence-electron chi connectivity index (χ2n) is 5.00. The molecule has 2 atom stereocenters. The maximum Gasteiger partial charge on any atom is 0.262 e. The molecule has 104 valence electrons. The largest absolute Gasteiger partial charge is 0.343 e. The summed E-state index contributed by atoms with van der Waals surface area (Å²) in [6.45, 7) is 2.06. The van der Waals surface area contributed by atoms with Gasteiger partial charge in [-0.1, -0.05) is 31.2 Å². The number of hydrogen-bond donors (Lipinski definition) is 1. The van der Waals surface area contributed by atoms with Gasteiger partial charge in [-0.3, -0.25) is 4.79 Å². The summed E-state index contributed by atoms with van der Waals surface area (Å²) in [5, 5.41) is 5.00. The molecule has 20 heavy (non-hydrogen) atoms. The van der Waals surface area contributed by atoms with Crippen LogP contribution in [0.25, 0.3) is 0 Å². The van der Waals surface area contributed by atoms with Crippen LogP contribution in [0.5, 0.6) is 0 Å². The highest BCUT2D eigenvalue weighted by atomic mass is 35.5. The second kappa shape index (κ2) is 5.58. The maximum atomic E-state index is 12.4. The smallest absolute Gasteiger partial charge is 0.262 e. The van der Waals surface area contributed by atoms with E-state index in [1.165, 1.54) is 16.9 Å². The molecule has 0 saturated heterocycles. The van der Waals surface area contributed by atoms with Crippen molar-refractivity contribution in [2.75, 3.05) is 0 Å². The van der Waals surface area contributed by atoms with E-state index in [1.807, 2.05) is 23.6 Å². The van der Waals surface area contributed by atoms with Crippen LogP contribution in [0.2, 0.25) is 0 Å². The first-order chi connectivity index (χ1) is 9.70. The number of amides is 1. The molecule has 1 amide bonds. The summed E-state index contributed by atoms with van der Waals surface area (Å²) in [5.74, 6) is -0.01000. The lowest BCUT2D eigenvalue weighted by Crippen LogP contribution is -2.31.